The summed E-state index contributed by atoms with van der Waals surface area (Å²) >= 11 is 0. The van der Waals surface area contributed by atoms with Gasteiger partial charge in [0.1, 0.15) is 5.76 Å². The Morgan fingerprint density at radius 3 is 2.73 bits per heavy atom. The number of pyridine rings is 1. The first kappa shape index (κ1) is 19.6. The maximum absolute atomic E-state index is 13.0. The predicted molar refractivity (Wildman–Crippen MR) is 112 cm³/mol. The second-order valence-corrected chi connectivity index (χ2v) is 7.37. The molecule has 0 bridgehead atoms. The highest BCUT2D eigenvalue weighted by Gasteiger charge is 2.28. The third-order valence-electron chi connectivity index (χ3n) is 5.22. The first-order chi connectivity index (χ1) is 14.4. The normalized spacial score (nSPS) is 13.0. The highest BCUT2D eigenvalue weighted by atomic mass is 16.5. The standard InChI is InChI=1S/C22H23N5O3/c1-14-18(15(2)30-25-14)13-27-19-9-17(10-23-21(19)24-11-20(27)28)22(29)26(3)12-16-7-5-4-6-8-16/h4-10H,11-13H2,1-3H3,(H,23,24). The number of amides is 2. The van der Waals surface area contributed by atoms with Gasteiger partial charge in [0.25, 0.3) is 5.91 Å². The van der Waals surface area contributed by atoms with Crippen molar-refractivity contribution in [3.05, 3.63) is 70.7 Å². The molecule has 1 aromatic carbocycles. The topological polar surface area (TPSA) is 91.6 Å². The summed E-state index contributed by atoms with van der Waals surface area (Å²) in [4.78, 5) is 33.3. The Kier molecular flexibility index (Phi) is 5.22. The van der Waals surface area contributed by atoms with Gasteiger partial charge in [0.05, 0.1) is 30.0 Å². The summed E-state index contributed by atoms with van der Waals surface area (Å²) in [6.45, 7) is 4.60. The van der Waals surface area contributed by atoms with Crippen LogP contribution in [0.5, 0.6) is 0 Å². The Hall–Kier alpha value is -3.68. The molecule has 2 amide bonds. The van der Waals surface area contributed by atoms with Crippen molar-refractivity contribution in [1.82, 2.24) is 15.0 Å². The summed E-state index contributed by atoms with van der Waals surface area (Å²) < 4.78 is 5.23. The fourth-order valence-corrected chi connectivity index (χ4v) is 3.51. The van der Waals surface area contributed by atoms with E-state index in [0.717, 1.165) is 16.8 Å². The number of benzene rings is 1. The Bertz CT molecular complexity index is 1070. The van der Waals surface area contributed by atoms with Gasteiger partial charge in [-0.1, -0.05) is 35.5 Å². The number of anilines is 2. The molecule has 0 spiro atoms. The molecule has 0 unspecified atom stereocenters. The van der Waals surface area contributed by atoms with Crippen LogP contribution in [0.1, 0.15) is 32.9 Å². The summed E-state index contributed by atoms with van der Waals surface area (Å²) in [6.07, 6.45) is 1.54. The molecular formula is C22H23N5O3. The Balaban J connectivity index is 1.61. The van der Waals surface area contributed by atoms with Crippen LogP contribution >= 0.6 is 0 Å². The van der Waals surface area contributed by atoms with E-state index in [-0.39, 0.29) is 18.4 Å². The molecule has 2 aromatic heterocycles. The summed E-state index contributed by atoms with van der Waals surface area (Å²) in [7, 11) is 1.75. The maximum Gasteiger partial charge on any atom is 0.255 e. The summed E-state index contributed by atoms with van der Waals surface area (Å²) in [6, 6.07) is 11.5. The Morgan fingerprint density at radius 1 is 1.27 bits per heavy atom. The highest BCUT2D eigenvalue weighted by Crippen LogP contribution is 2.31. The number of hydrogen-bond acceptors (Lipinski definition) is 6. The van der Waals surface area contributed by atoms with Crippen LogP contribution in [-0.4, -0.2) is 40.4 Å². The van der Waals surface area contributed by atoms with E-state index in [0.29, 0.717) is 35.9 Å². The van der Waals surface area contributed by atoms with Gasteiger partial charge < -0.3 is 19.6 Å². The van der Waals surface area contributed by atoms with Crippen molar-refractivity contribution in [2.75, 3.05) is 23.8 Å². The molecule has 4 rings (SSSR count). The highest BCUT2D eigenvalue weighted by molar-refractivity contribution is 6.04. The largest absolute Gasteiger partial charge is 0.361 e. The van der Waals surface area contributed by atoms with Gasteiger partial charge in [-0.05, 0) is 25.5 Å². The molecular weight excluding hydrogens is 382 g/mol. The lowest BCUT2D eigenvalue weighted by Crippen LogP contribution is -2.40. The molecule has 1 aliphatic heterocycles. The van der Waals surface area contributed by atoms with E-state index in [9.17, 15) is 9.59 Å². The molecule has 0 fully saturated rings. The van der Waals surface area contributed by atoms with E-state index < -0.39 is 0 Å². The van der Waals surface area contributed by atoms with E-state index in [1.165, 1.54) is 0 Å². The van der Waals surface area contributed by atoms with Crippen LogP contribution in [-0.2, 0) is 17.9 Å². The van der Waals surface area contributed by atoms with Gasteiger partial charge in [-0.15, -0.1) is 0 Å². The molecule has 1 N–H and O–H groups in total. The number of aromatic nitrogens is 2. The van der Waals surface area contributed by atoms with Crippen molar-refractivity contribution >= 4 is 23.3 Å². The van der Waals surface area contributed by atoms with E-state index in [1.54, 1.807) is 29.1 Å². The van der Waals surface area contributed by atoms with Crippen LogP contribution in [0.15, 0.2) is 47.1 Å². The Morgan fingerprint density at radius 2 is 2.03 bits per heavy atom. The molecule has 30 heavy (non-hydrogen) atoms. The van der Waals surface area contributed by atoms with Gasteiger partial charge in [-0.25, -0.2) is 4.98 Å². The Labute approximate surface area is 174 Å². The average Bonchev–Trinajstić information content (AvgIpc) is 3.07. The van der Waals surface area contributed by atoms with Crippen molar-refractivity contribution in [3.8, 4) is 0 Å². The summed E-state index contributed by atoms with van der Waals surface area (Å²) in [5, 5.41) is 6.99. The molecule has 3 heterocycles. The van der Waals surface area contributed by atoms with E-state index >= 15 is 0 Å². The number of nitrogens with zero attached hydrogens (tertiary/aromatic N) is 4. The second-order valence-electron chi connectivity index (χ2n) is 7.37. The zero-order chi connectivity index (χ0) is 21.3. The van der Waals surface area contributed by atoms with Gasteiger partial charge in [-0.2, -0.15) is 0 Å². The molecule has 1 aliphatic rings. The summed E-state index contributed by atoms with van der Waals surface area (Å²) in [5.41, 5.74) is 3.63. The van der Waals surface area contributed by atoms with E-state index in [1.807, 2.05) is 44.2 Å². The summed E-state index contributed by atoms with van der Waals surface area (Å²) in [5.74, 6) is 0.975. The zero-order valence-corrected chi connectivity index (χ0v) is 17.2. The molecule has 0 saturated carbocycles. The van der Waals surface area contributed by atoms with Crippen LogP contribution in [0.3, 0.4) is 0 Å². The van der Waals surface area contributed by atoms with Gasteiger partial charge in [0.15, 0.2) is 5.82 Å². The quantitative estimate of drug-likeness (QED) is 0.702. The lowest BCUT2D eigenvalue weighted by Gasteiger charge is -2.30. The monoisotopic (exact) mass is 405 g/mol. The van der Waals surface area contributed by atoms with Crippen LogP contribution in [0.2, 0.25) is 0 Å². The molecule has 8 nitrogen and oxygen atoms in total. The van der Waals surface area contributed by atoms with Crippen molar-refractivity contribution in [3.63, 3.8) is 0 Å². The van der Waals surface area contributed by atoms with Crippen LogP contribution in [0, 0.1) is 13.8 Å². The second kappa shape index (κ2) is 7.98. The van der Waals surface area contributed by atoms with E-state index in [4.69, 9.17) is 4.52 Å². The number of nitrogens with one attached hydrogen (secondary N) is 1. The van der Waals surface area contributed by atoms with Crippen molar-refractivity contribution in [1.29, 1.82) is 0 Å². The minimum Gasteiger partial charge on any atom is -0.361 e. The maximum atomic E-state index is 13.0. The van der Waals surface area contributed by atoms with Crippen LogP contribution in [0.4, 0.5) is 11.5 Å². The SMILES string of the molecule is Cc1noc(C)c1CN1C(=O)CNc2ncc(C(=O)N(C)Cc3ccccc3)cc21. The lowest BCUT2D eigenvalue weighted by atomic mass is 10.1. The number of carbonyl (C=O) groups excluding carboxylic acids is 2. The third-order valence-corrected chi connectivity index (χ3v) is 5.22. The lowest BCUT2D eigenvalue weighted by molar-refractivity contribution is -0.117. The number of fused-ring (bicyclic) bond motifs is 1. The minimum absolute atomic E-state index is 0.105. The fourth-order valence-electron chi connectivity index (χ4n) is 3.51. The smallest absolute Gasteiger partial charge is 0.255 e. The van der Waals surface area contributed by atoms with Gasteiger partial charge >= 0.3 is 0 Å². The van der Waals surface area contributed by atoms with E-state index in [2.05, 4.69) is 15.5 Å². The first-order valence-electron chi connectivity index (χ1n) is 9.69. The molecule has 0 radical (unpaired) electrons. The molecule has 0 saturated heterocycles. The number of rotatable bonds is 5. The first-order valence-corrected chi connectivity index (χ1v) is 9.69. The zero-order valence-electron chi connectivity index (χ0n) is 17.2. The van der Waals surface area contributed by atoms with Crippen LogP contribution < -0.4 is 10.2 Å². The van der Waals surface area contributed by atoms with Gasteiger partial charge in [-0.3, -0.25) is 9.59 Å². The molecule has 154 valence electrons. The number of carbonyl (C=O) groups is 2. The van der Waals surface area contributed by atoms with Crippen molar-refractivity contribution < 1.29 is 14.1 Å². The van der Waals surface area contributed by atoms with Gasteiger partial charge in [0, 0.05) is 25.4 Å². The third kappa shape index (κ3) is 3.76. The van der Waals surface area contributed by atoms with Crippen molar-refractivity contribution in [2.24, 2.45) is 0 Å². The minimum atomic E-state index is -0.163. The molecule has 8 heteroatoms. The molecule has 0 atom stereocenters. The van der Waals surface area contributed by atoms with Crippen LogP contribution in [0.25, 0.3) is 0 Å². The fraction of sp³-hybridized carbons (Fsp3) is 0.273. The number of aryl methyl sites for hydroxylation is 2. The molecule has 3 aromatic rings. The molecule has 0 aliphatic carbocycles. The average molecular weight is 405 g/mol. The number of hydrogen-bond donors (Lipinski definition) is 1. The van der Waals surface area contributed by atoms with Gasteiger partial charge in [0.2, 0.25) is 5.91 Å². The predicted octanol–water partition coefficient (Wildman–Crippen LogP) is 2.92. The van der Waals surface area contributed by atoms with Crippen molar-refractivity contribution in [2.45, 2.75) is 26.9 Å².